The summed E-state index contributed by atoms with van der Waals surface area (Å²) in [6.45, 7) is 1.34. The Morgan fingerprint density at radius 2 is 1.77 bits per heavy atom. The molecule has 1 aromatic carbocycles. The average molecular weight is 359 g/mol. The van der Waals surface area contributed by atoms with Crippen LogP contribution in [-0.2, 0) is 4.79 Å². The molecule has 8 nitrogen and oxygen atoms in total. The number of rotatable bonds is 4. The van der Waals surface area contributed by atoms with Gasteiger partial charge in [-0.15, -0.1) is 0 Å². The van der Waals surface area contributed by atoms with Crippen molar-refractivity contribution in [2.24, 2.45) is 0 Å². The largest absolute Gasteiger partial charge is 0.480 e. The Morgan fingerprint density at radius 3 is 2.42 bits per heavy atom. The third-order valence-electron chi connectivity index (χ3n) is 4.83. The van der Waals surface area contributed by atoms with Crippen LogP contribution in [0.1, 0.15) is 59.7 Å². The van der Waals surface area contributed by atoms with E-state index in [1.165, 1.54) is 30.0 Å². The molecule has 0 bridgehead atoms. The number of amides is 4. The van der Waals surface area contributed by atoms with E-state index < -0.39 is 18.0 Å². The maximum Gasteiger partial charge on any atom is 0.325 e. The van der Waals surface area contributed by atoms with Crippen molar-refractivity contribution in [1.29, 1.82) is 0 Å². The number of anilines is 1. The predicted molar refractivity (Wildman–Crippen MR) is 93.1 cm³/mol. The van der Waals surface area contributed by atoms with Crippen molar-refractivity contribution in [2.75, 3.05) is 5.32 Å². The highest BCUT2D eigenvalue weighted by atomic mass is 16.4. The highest BCUT2D eigenvalue weighted by Gasteiger charge is 2.40. The Morgan fingerprint density at radius 1 is 1.12 bits per heavy atom. The Labute approximate surface area is 150 Å². The fraction of sp³-hybridized carbons (Fsp3) is 0.444. The van der Waals surface area contributed by atoms with E-state index in [-0.39, 0.29) is 23.4 Å². The zero-order chi connectivity index (χ0) is 18.8. The standard InChI is InChI=1S/C18H21N3O5/c1-10(17(24)25)19-18(26)20-11-7-8-13-14(9-11)16(23)21(15(13)22)12-5-3-2-4-6-12/h7-10,12H,2-6H2,1H3,(H,24,25)(H2,19,20,26). The van der Waals surface area contributed by atoms with Crippen LogP contribution in [-0.4, -0.2) is 45.9 Å². The first-order chi connectivity index (χ1) is 12.4. The molecule has 0 aromatic heterocycles. The van der Waals surface area contributed by atoms with E-state index in [0.29, 0.717) is 11.3 Å². The second-order valence-corrected chi connectivity index (χ2v) is 6.69. The zero-order valence-corrected chi connectivity index (χ0v) is 14.4. The number of nitrogens with one attached hydrogen (secondary N) is 2. The van der Waals surface area contributed by atoms with Gasteiger partial charge in [-0.1, -0.05) is 19.3 Å². The van der Waals surface area contributed by atoms with Crippen molar-refractivity contribution in [3.8, 4) is 0 Å². The van der Waals surface area contributed by atoms with Crippen molar-refractivity contribution in [1.82, 2.24) is 10.2 Å². The Kier molecular flexibility index (Phi) is 4.92. The number of fused-ring (bicyclic) bond motifs is 1. The fourth-order valence-electron chi connectivity index (χ4n) is 3.43. The number of imide groups is 1. The van der Waals surface area contributed by atoms with Gasteiger partial charge in [-0.2, -0.15) is 0 Å². The smallest absolute Gasteiger partial charge is 0.325 e. The Hall–Kier alpha value is -2.90. The molecule has 1 unspecified atom stereocenters. The quantitative estimate of drug-likeness (QED) is 0.713. The molecule has 138 valence electrons. The van der Waals surface area contributed by atoms with Crippen LogP contribution in [0.15, 0.2) is 18.2 Å². The second kappa shape index (κ2) is 7.15. The van der Waals surface area contributed by atoms with E-state index >= 15 is 0 Å². The molecular formula is C18H21N3O5. The van der Waals surface area contributed by atoms with Crippen molar-refractivity contribution >= 4 is 29.5 Å². The summed E-state index contributed by atoms with van der Waals surface area (Å²) < 4.78 is 0. The molecule has 1 aromatic rings. The molecule has 8 heteroatoms. The topological polar surface area (TPSA) is 116 Å². The van der Waals surface area contributed by atoms with Gasteiger partial charge in [0.2, 0.25) is 0 Å². The fourth-order valence-corrected chi connectivity index (χ4v) is 3.43. The highest BCUT2D eigenvalue weighted by molar-refractivity contribution is 6.22. The van der Waals surface area contributed by atoms with E-state index in [4.69, 9.17) is 5.11 Å². The molecule has 26 heavy (non-hydrogen) atoms. The van der Waals surface area contributed by atoms with Gasteiger partial charge in [0.1, 0.15) is 6.04 Å². The molecule has 1 saturated carbocycles. The molecule has 4 amide bonds. The number of carbonyl (C=O) groups excluding carboxylic acids is 3. The normalized spacial score (nSPS) is 18.4. The van der Waals surface area contributed by atoms with Gasteiger partial charge in [0.15, 0.2) is 0 Å². The van der Waals surface area contributed by atoms with Gasteiger partial charge in [-0.05, 0) is 38.0 Å². The summed E-state index contributed by atoms with van der Waals surface area (Å²) in [4.78, 5) is 49.3. The number of carboxylic acid groups (broad SMARTS) is 1. The van der Waals surface area contributed by atoms with Gasteiger partial charge in [-0.25, -0.2) is 4.79 Å². The molecule has 1 fully saturated rings. The number of benzene rings is 1. The summed E-state index contributed by atoms with van der Waals surface area (Å²) in [5, 5.41) is 13.6. The molecule has 0 saturated heterocycles. The first kappa shape index (κ1) is 17.9. The molecule has 1 aliphatic heterocycles. The SMILES string of the molecule is CC(NC(=O)Nc1ccc2c(c1)C(=O)N(C1CCCCC1)C2=O)C(=O)O. The number of aliphatic carboxylic acids is 1. The second-order valence-electron chi connectivity index (χ2n) is 6.69. The van der Waals surface area contributed by atoms with Crippen LogP contribution in [0.2, 0.25) is 0 Å². The summed E-state index contributed by atoms with van der Waals surface area (Å²) in [7, 11) is 0. The molecule has 0 spiro atoms. The molecule has 2 aliphatic rings. The number of carboxylic acids is 1. The lowest BCUT2D eigenvalue weighted by molar-refractivity contribution is -0.138. The summed E-state index contributed by atoms with van der Waals surface area (Å²) in [6.07, 6.45) is 4.79. The molecule has 3 N–H and O–H groups in total. The molecule has 1 heterocycles. The van der Waals surface area contributed by atoms with E-state index in [9.17, 15) is 19.2 Å². The molecule has 0 radical (unpaired) electrons. The minimum absolute atomic E-state index is 0.0627. The van der Waals surface area contributed by atoms with Crippen molar-refractivity contribution < 1.29 is 24.3 Å². The van der Waals surface area contributed by atoms with Gasteiger partial charge in [0.25, 0.3) is 11.8 Å². The van der Waals surface area contributed by atoms with Gasteiger partial charge >= 0.3 is 12.0 Å². The average Bonchev–Trinajstić information content (AvgIpc) is 2.86. The lowest BCUT2D eigenvalue weighted by atomic mass is 9.94. The zero-order valence-electron chi connectivity index (χ0n) is 14.4. The summed E-state index contributed by atoms with van der Waals surface area (Å²) in [5.74, 6) is -1.77. The summed E-state index contributed by atoms with van der Waals surface area (Å²) in [5.41, 5.74) is 0.931. The van der Waals surface area contributed by atoms with Crippen LogP contribution < -0.4 is 10.6 Å². The van der Waals surface area contributed by atoms with Crippen LogP contribution in [0.4, 0.5) is 10.5 Å². The maximum absolute atomic E-state index is 12.7. The lowest BCUT2D eigenvalue weighted by Gasteiger charge is -2.29. The first-order valence-corrected chi connectivity index (χ1v) is 8.70. The van der Waals surface area contributed by atoms with Crippen molar-refractivity contribution in [3.05, 3.63) is 29.3 Å². The van der Waals surface area contributed by atoms with E-state index in [2.05, 4.69) is 10.6 Å². The minimum atomic E-state index is -1.15. The number of hydrogen-bond donors (Lipinski definition) is 3. The van der Waals surface area contributed by atoms with Crippen LogP contribution in [0, 0.1) is 0 Å². The number of urea groups is 1. The Bertz CT molecular complexity index is 770. The molecule has 1 atom stereocenters. The Balaban J connectivity index is 1.75. The minimum Gasteiger partial charge on any atom is -0.480 e. The monoisotopic (exact) mass is 359 g/mol. The van der Waals surface area contributed by atoms with E-state index in [0.717, 1.165) is 32.1 Å². The van der Waals surface area contributed by atoms with Crippen molar-refractivity contribution in [3.63, 3.8) is 0 Å². The highest BCUT2D eigenvalue weighted by Crippen LogP contribution is 2.32. The van der Waals surface area contributed by atoms with Crippen LogP contribution in [0.5, 0.6) is 0 Å². The molecule has 1 aliphatic carbocycles. The summed E-state index contributed by atoms with van der Waals surface area (Å²) >= 11 is 0. The van der Waals surface area contributed by atoms with Gasteiger partial charge in [0.05, 0.1) is 11.1 Å². The predicted octanol–water partition coefficient (Wildman–Crippen LogP) is 2.21. The van der Waals surface area contributed by atoms with Crippen LogP contribution >= 0.6 is 0 Å². The van der Waals surface area contributed by atoms with E-state index in [1.807, 2.05) is 0 Å². The van der Waals surface area contributed by atoms with Crippen LogP contribution in [0.3, 0.4) is 0 Å². The van der Waals surface area contributed by atoms with Crippen molar-refractivity contribution in [2.45, 2.75) is 51.1 Å². The maximum atomic E-state index is 12.7. The van der Waals surface area contributed by atoms with Crippen LogP contribution in [0.25, 0.3) is 0 Å². The third-order valence-corrected chi connectivity index (χ3v) is 4.83. The molecule has 3 rings (SSSR count). The van der Waals surface area contributed by atoms with E-state index in [1.54, 1.807) is 0 Å². The van der Waals surface area contributed by atoms with Gasteiger partial charge < -0.3 is 15.7 Å². The first-order valence-electron chi connectivity index (χ1n) is 8.70. The lowest BCUT2D eigenvalue weighted by Crippen LogP contribution is -2.41. The van der Waals surface area contributed by atoms with Gasteiger partial charge in [-0.3, -0.25) is 19.3 Å². The number of nitrogens with zero attached hydrogens (tertiary/aromatic N) is 1. The number of carbonyl (C=O) groups is 4. The summed E-state index contributed by atoms with van der Waals surface area (Å²) in [6, 6.07) is 2.71. The number of hydrogen-bond acceptors (Lipinski definition) is 4. The third kappa shape index (κ3) is 3.40. The van der Waals surface area contributed by atoms with Gasteiger partial charge in [0, 0.05) is 11.7 Å². The molecular weight excluding hydrogens is 338 g/mol.